The highest BCUT2D eigenvalue weighted by molar-refractivity contribution is 7.98. The molecule has 0 fully saturated rings. The molecule has 17 heavy (non-hydrogen) atoms. The van der Waals surface area contributed by atoms with E-state index in [1.807, 2.05) is 23.8 Å². The van der Waals surface area contributed by atoms with Crippen molar-refractivity contribution in [2.75, 3.05) is 6.26 Å². The van der Waals surface area contributed by atoms with Gasteiger partial charge in [0.2, 0.25) is 0 Å². The van der Waals surface area contributed by atoms with Crippen LogP contribution in [0.4, 0.5) is 0 Å². The molecule has 2 rings (SSSR count). The molecule has 0 N–H and O–H groups in total. The third-order valence-electron chi connectivity index (χ3n) is 2.09. The lowest BCUT2D eigenvalue weighted by Gasteiger charge is -1.95. The average molecular weight is 284 g/mol. The van der Waals surface area contributed by atoms with Crippen molar-refractivity contribution in [3.8, 4) is 6.07 Å². The summed E-state index contributed by atoms with van der Waals surface area (Å²) in [7, 11) is 0. The van der Waals surface area contributed by atoms with Gasteiger partial charge in [0.25, 0.3) is 0 Å². The Hall–Kier alpha value is -1.09. The van der Waals surface area contributed by atoms with Crippen molar-refractivity contribution in [3.05, 3.63) is 40.6 Å². The van der Waals surface area contributed by atoms with E-state index in [-0.39, 0.29) is 12.4 Å². The van der Waals surface area contributed by atoms with Crippen LogP contribution in [0.15, 0.2) is 34.8 Å². The van der Waals surface area contributed by atoms with E-state index in [1.165, 1.54) is 16.2 Å². The van der Waals surface area contributed by atoms with Gasteiger partial charge in [-0.2, -0.15) is 9.83 Å². The number of thiazole rings is 1. The summed E-state index contributed by atoms with van der Waals surface area (Å²) in [4.78, 5) is 5.44. The monoisotopic (exact) mass is 283 g/mol. The van der Waals surface area contributed by atoms with Crippen LogP contribution < -0.4 is 17.0 Å². The van der Waals surface area contributed by atoms with Crippen LogP contribution in [0, 0.1) is 11.3 Å². The molecule has 0 saturated carbocycles. The first-order valence-corrected chi connectivity index (χ1v) is 6.80. The third-order valence-corrected chi connectivity index (χ3v) is 3.63. The molecule has 2 heterocycles. The number of pyridine rings is 1. The summed E-state index contributed by atoms with van der Waals surface area (Å²) in [6.07, 6.45) is 6.10. The van der Waals surface area contributed by atoms with Crippen molar-refractivity contribution < 1.29 is 17.0 Å². The lowest BCUT2D eigenvalue weighted by molar-refractivity contribution is -0.689. The van der Waals surface area contributed by atoms with E-state index in [1.54, 1.807) is 11.8 Å². The van der Waals surface area contributed by atoms with Gasteiger partial charge < -0.3 is 12.4 Å². The van der Waals surface area contributed by atoms with Crippen molar-refractivity contribution >= 4 is 23.1 Å². The molecule has 0 radical (unpaired) electrons. The second kappa shape index (κ2) is 6.60. The zero-order chi connectivity index (χ0) is 11.4. The number of thioether (sulfide) groups is 1. The topological polar surface area (TPSA) is 40.6 Å². The summed E-state index contributed by atoms with van der Waals surface area (Å²) in [6, 6.07) is 6.19. The van der Waals surface area contributed by atoms with Crippen LogP contribution in [0.1, 0.15) is 10.7 Å². The summed E-state index contributed by atoms with van der Waals surface area (Å²) < 4.78 is 2.05. The SMILES string of the molecule is CSc1cc[n+](Cc2csc(C#N)n2)cc1.[Cl-]. The highest BCUT2D eigenvalue weighted by Gasteiger charge is 2.06. The van der Waals surface area contributed by atoms with Gasteiger partial charge >= 0.3 is 0 Å². The molecule has 0 amide bonds. The second-order valence-corrected chi connectivity index (χ2v) is 4.90. The van der Waals surface area contributed by atoms with Gasteiger partial charge in [-0.25, -0.2) is 4.98 Å². The van der Waals surface area contributed by atoms with E-state index in [4.69, 9.17) is 5.26 Å². The molecule has 0 aliphatic heterocycles. The fraction of sp³-hybridized carbons (Fsp3) is 0.182. The number of halogens is 1. The lowest BCUT2D eigenvalue weighted by Crippen LogP contribution is -3.00. The van der Waals surface area contributed by atoms with Crippen LogP contribution in [0.5, 0.6) is 0 Å². The van der Waals surface area contributed by atoms with Gasteiger partial charge in [0, 0.05) is 22.4 Å². The van der Waals surface area contributed by atoms with Gasteiger partial charge in [-0.3, -0.25) is 0 Å². The van der Waals surface area contributed by atoms with Crippen molar-refractivity contribution in [2.45, 2.75) is 11.4 Å². The molecule has 0 unspecified atom stereocenters. The van der Waals surface area contributed by atoms with E-state index in [2.05, 4.69) is 27.9 Å². The first-order chi connectivity index (χ1) is 7.81. The molecule has 0 bridgehead atoms. The molecule has 0 saturated heterocycles. The number of hydrogen-bond acceptors (Lipinski definition) is 4. The molecule has 0 aliphatic carbocycles. The molecule has 2 aromatic rings. The molecule has 2 aromatic heterocycles. The van der Waals surface area contributed by atoms with E-state index in [0.717, 1.165) is 5.69 Å². The van der Waals surface area contributed by atoms with Crippen molar-refractivity contribution in [3.63, 3.8) is 0 Å². The van der Waals surface area contributed by atoms with Crippen molar-refractivity contribution in [1.82, 2.24) is 4.98 Å². The van der Waals surface area contributed by atoms with Gasteiger partial charge in [-0.15, -0.1) is 23.1 Å². The van der Waals surface area contributed by atoms with E-state index in [9.17, 15) is 0 Å². The Kier molecular flexibility index (Phi) is 5.42. The number of aromatic nitrogens is 2. The molecule has 6 heteroatoms. The Labute approximate surface area is 115 Å². The molecule has 0 aromatic carbocycles. The second-order valence-electron chi connectivity index (χ2n) is 3.17. The van der Waals surface area contributed by atoms with Gasteiger partial charge in [0.1, 0.15) is 11.8 Å². The largest absolute Gasteiger partial charge is 1.00 e. The number of nitriles is 1. The van der Waals surface area contributed by atoms with E-state index >= 15 is 0 Å². The van der Waals surface area contributed by atoms with Crippen LogP contribution >= 0.6 is 23.1 Å². The first kappa shape index (κ1) is 14.0. The normalized spacial score (nSPS) is 9.41. The quantitative estimate of drug-likeness (QED) is 0.540. The maximum Gasteiger partial charge on any atom is 0.194 e. The van der Waals surface area contributed by atoms with Gasteiger partial charge in [0.05, 0.1) is 0 Å². The molecular formula is C11H10ClN3S2. The number of rotatable bonds is 3. The summed E-state index contributed by atoms with van der Waals surface area (Å²) >= 11 is 3.11. The Morgan fingerprint density at radius 3 is 2.71 bits per heavy atom. The average Bonchev–Trinajstić information content (AvgIpc) is 2.78. The summed E-state index contributed by atoms with van der Waals surface area (Å²) in [5.41, 5.74) is 0.934. The minimum Gasteiger partial charge on any atom is -1.00 e. The lowest BCUT2D eigenvalue weighted by atomic mass is 10.4. The van der Waals surface area contributed by atoms with E-state index < -0.39 is 0 Å². The van der Waals surface area contributed by atoms with Gasteiger partial charge in [-0.1, -0.05) is 0 Å². The Morgan fingerprint density at radius 2 is 2.18 bits per heavy atom. The van der Waals surface area contributed by atoms with Crippen LogP contribution in [0.25, 0.3) is 0 Å². The van der Waals surface area contributed by atoms with Crippen molar-refractivity contribution in [1.29, 1.82) is 5.26 Å². The highest BCUT2D eigenvalue weighted by Crippen LogP contribution is 2.11. The fourth-order valence-corrected chi connectivity index (χ4v) is 2.29. The predicted octanol–water partition coefficient (Wildman–Crippen LogP) is -0.924. The fourth-order valence-electron chi connectivity index (χ4n) is 1.30. The maximum absolute atomic E-state index is 8.67. The zero-order valence-corrected chi connectivity index (χ0v) is 11.5. The Morgan fingerprint density at radius 1 is 1.47 bits per heavy atom. The van der Waals surface area contributed by atoms with E-state index in [0.29, 0.717) is 11.6 Å². The van der Waals surface area contributed by atoms with Gasteiger partial charge in [-0.05, 0) is 6.26 Å². The zero-order valence-electron chi connectivity index (χ0n) is 9.13. The first-order valence-electron chi connectivity index (χ1n) is 4.69. The predicted molar refractivity (Wildman–Crippen MR) is 64.3 cm³/mol. The smallest absolute Gasteiger partial charge is 0.194 e. The maximum atomic E-state index is 8.67. The minimum absolute atomic E-state index is 0. The standard InChI is InChI=1S/C11H10N3S2.ClH/c1-15-10-2-4-14(5-3-10)7-9-8-16-11(6-12)13-9;/h2-5,8H,7H2,1H3;1H/q+1;/p-1. The summed E-state index contributed by atoms with van der Waals surface area (Å²) in [5.74, 6) is 0. The molecule has 0 aliphatic rings. The molecule has 0 spiro atoms. The number of hydrogen-bond donors (Lipinski definition) is 0. The molecule has 3 nitrogen and oxygen atoms in total. The summed E-state index contributed by atoms with van der Waals surface area (Å²) in [5, 5.41) is 11.1. The van der Waals surface area contributed by atoms with Gasteiger partial charge in [0.15, 0.2) is 23.9 Å². The summed E-state index contributed by atoms with van der Waals surface area (Å²) in [6.45, 7) is 0.715. The Bertz CT molecular complexity index is 516. The minimum atomic E-state index is 0. The molecule has 0 atom stereocenters. The van der Waals surface area contributed by atoms with Crippen LogP contribution in [0.2, 0.25) is 0 Å². The van der Waals surface area contributed by atoms with Crippen molar-refractivity contribution in [2.24, 2.45) is 0 Å². The third kappa shape index (κ3) is 3.70. The Balaban J connectivity index is 0.00000144. The molecule has 88 valence electrons. The molecular weight excluding hydrogens is 274 g/mol. The van der Waals surface area contributed by atoms with Crippen LogP contribution in [0.3, 0.4) is 0 Å². The highest BCUT2D eigenvalue weighted by atomic mass is 35.5. The van der Waals surface area contributed by atoms with Crippen LogP contribution in [-0.2, 0) is 6.54 Å². The number of nitrogens with zero attached hydrogens (tertiary/aromatic N) is 3. The van der Waals surface area contributed by atoms with Crippen LogP contribution in [-0.4, -0.2) is 11.2 Å².